The molecule has 1 saturated heterocycles. The molecule has 3 aromatic rings. The SMILES string of the molecule is O=C(NCCc1cnn(-c2ccccc2)c1)C1CCN(c2ccc(C(F)(F)F)cc2[N+](=O)[O-])CC1. The van der Waals surface area contributed by atoms with Crippen molar-refractivity contribution in [2.75, 3.05) is 24.5 Å². The number of carbonyl (C=O) groups is 1. The summed E-state index contributed by atoms with van der Waals surface area (Å²) < 4.78 is 40.6. The van der Waals surface area contributed by atoms with Gasteiger partial charge in [0.1, 0.15) is 5.69 Å². The fourth-order valence-electron chi connectivity index (χ4n) is 4.18. The number of anilines is 1. The number of aromatic nitrogens is 2. The summed E-state index contributed by atoms with van der Waals surface area (Å²) in [6, 6.07) is 12.2. The van der Waals surface area contributed by atoms with Crippen LogP contribution in [0.3, 0.4) is 0 Å². The number of halogens is 3. The summed E-state index contributed by atoms with van der Waals surface area (Å²) >= 11 is 0. The third-order valence-corrected chi connectivity index (χ3v) is 6.08. The Morgan fingerprint density at radius 1 is 1.14 bits per heavy atom. The van der Waals surface area contributed by atoms with Crippen LogP contribution in [0.25, 0.3) is 5.69 Å². The Morgan fingerprint density at radius 3 is 2.51 bits per heavy atom. The van der Waals surface area contributed by atoms with Crippen molar-refractivity contribution < 1.29 is 22.9 Å². The average molecular weight is 487 g/mol. The zero-order chi connectivity index (χ0) is 25.0. The number of nitrogens with zero attached hydrogens (tertiary/aromatic N) is 4. The zero-order valence-electron chi connectivity index (χ0n) is 18.7. The van der Waals surface area contributed by atoms with E-state index in [2.05, 4.69) is 10.4 Å². The van der Waals surface area contributed by atoms with Crippen LogP contribution in [-0.4, -0.2) is 40.2 Å². The molecule has 11 heteroatoms. The fraction of sp³-hybridized carbons (Fsp3) is 0.333. The van der Waals surface area contributed by atoms with Crippen LogP contribution in [0.15, 0.2) is 60.9 Å². The van der Waals surface area contributed by atoms with E-state index in [9.17, 15) is 28.1 Å². The lowest BCUT2D eigenvalue weighted by Crippen LogP contribution is -2.41. The molecule has 2 aromatic carbocycles. The molecular formula is C24H24F3N5O3. The predicted octanol–water partition coefficient (Wildman–Crippen LogP) is 4.37. The largest absolute Gasteiger partial charge is 0.416 e. The van der Waals surface area contributed by atoms with Gasteiger partial charge in [0, 0.05) is 37.8 Å². The highest BCUT2D eigenvalue weighted by atomic mass is 19.4. The van der Waals surface area contributed by atoms with Crippen molar-refractivity contribution in [3.8, 4) is 5.69 Å². The Bertz CT molecular complexity index is 1190. The molecule has 184 valence electrons. The average Bonchev–Trinajstić information content (AvgIpc) is 3.32. The van der Waals surface area contributed by atoms with E-state index in [1.165, 1.54) is 0 Å². The Labute approximate surface area is 199 Å². The van der Waals surface area contributed by atoms with Gasteiger partial charge in [-0.05, 0) is 49.1 Å². The normalized spacial score (nSPS) is 14.7. The summed E-state index contributed by atoms with van der Waals surface area (Å²) in [6.45, 7) is 1.13. The molecule has 0 unspecified atom stereocenters. The molecule has 8 nitrogen and oxygen atoms in total. The van der Waals surface area contributed by atoms with E-state index >= 15 is 0 Å². The maximum Gasteiger partial charge on any atom is 0.416 e. The molecule has 2 heterocycles. The van der Waals surface area contributed by atoms with Gasteiger partial charge in [-0.1, -0.05) is 18.2 Å². The van der Waals surface area contributed by atoms with Gasteiger partial charge in [0.25, 0.3) is 5.69 Å². The quantitative estimate of drug-likeness (QED) is 0.395. The Balaban J connectivity index is 1.29. The number of nitrogens with one attached hydrogen (secondary N) is 1. The monoisotopic (exact) mass is 487 g/mol. The topological polar surface area (TPSA) is 93.3 Å². The van der Waals surface area contributed by atoms with Crippen LogP contribution in [0, 0.1) is 16.0 Å². The molecule has 1 aromatic heterocycles. The number of nitro groups is 1. The maximum atomic E-state index is 12.9. The predicted molar refractivity (Wildman–Crippen MR) is 123 cm³/mol. The first kappa shape index (κ1) is 24.2. The first-order valence-corrected chi connectivity index (χ1v) is 11.2. The molecule has 0 saturated carbocycles. The molecule has 35 heavy (non-hydrogen) atoms. The second-order valence-electron chi connectivity index (χ2n) is 8.39. The lowest BCUT2D eigenvalue weighted by Gasteiger charge is -2.32. The van der Waals surface area contributed by atoms with E-state index in [0.29, 0.717) is 45.0 Å². The van der Waals surface area contributed by atoms with Crippen molar-refractivity contribution in [3.05, 3.63) is 82.2 Å². The molecule has 1 amide bonds. The molecule has 1 fully saturated rings. The summed E-state index contributed by atoms with van der Waals surface area (Å²) in [5, 5.41) is 18.6. The van der Waals surface area contributed by atoms with E-state index in [1.54, 1.807) is 15.8 Å². The van der Waals surface area contributed by atoms with E-state index < -0.39 is 22.4 Å². The number of rotatable bonds is 7. The number of para-hydroxylation sites is 1. The first-order chi connectivity index (χ1) is 16.7. The smallest absolute Gasteiger partial charge is 0.366 e. The van der Waals surface area contributed by atoms with E-state index in [-0.39, 0.29) is 17.5 Å². The molecule has 1 aliphatic heterocycles. The van der Waals surface area contributed by atoms with Crippen molar-refractivity contribution in [2.24, 2.45) is 5.92 Å². The summed E-state index contributed by atoms with van der Waals surface area (Å²) in [7, 11) is 0. The van der Waals surface area contributed by atoms with Crippen LogP contribution in [0.1, 0.15) is 24.0 Å². The van der Waals surface area contributed by atoms with E-state index in [4.69, 9.17) is 0 Å². The highest BCUT2D eigenvalue weighted by molar-refractivity contribution is 5.79. The molecule has 0 bridgehead atoms. The van der Waals surface area contributed by atoms with Gasteiger partial charge >= 0.3 is 6.18 Å². The van der Waals surface area contributed by atoms with Gasteiger partial charge in [-0.2, -0.15) is 18.3 Å². The number of hydrogen-bond donors (Lipinski definition) is 1. The molecule has 1 aliphatic rings. The number of alkyl halides is 3. The Hall–Kier alpha value is -3.89. The lowest BCUT2D eigenvalue weighted by atomic mass is 9.95. The minimum atomic E-state index is -4.66. The second-order valence-corrected chi connectivity index (χ2v) is 8.39. The van der Waals surface area contributed by atoms with Crippen molar-refractivity contribution in [1.29, 1.82) is 0 Å². The molecule has 0 atom stereocenters. The zero-order valence-corrected chi connectivity index (χ0v) is 18.7. The van der Waals surface area contributed by atoms with Gasteiger partial charge in [0.05, 0.1) is 22.4 Å². The Kier molecular flexibility index (Phi) is 7.04. The van der Waals surface area contributed by atoms with Crippen molar-refractivity contribution in [2.45, 2.75) is 25.4 Å². The van der Waals surface area contributed by atoms with Gasteiger partial charge in [-0.25, -0.2) is 4.68 Å². The van der Waals surface area contributed by atoms with Crippen LogP contribution in [-0.2, 0) is 17.4 Å². The minimum absolute atomic E-state index is 0.0954. The molecule has 1 N–H and O–H groups in total. The number of hydrogen-bond acceptors (Lipinski definition) is 5. The number of carbonyl (C=O) groups excluding carboxylic acids is 1. The number of piperidine rings is 1. The highest BCUT2D eigenvalue weighted by Gasteiger charge is 2.34. The van der Waals surface area contributed by atoms with Crippen LogP contribution in [0.2, 0.25) is 0 Å². The van der Waals surface area contributed by atoms with Crippen LogP contribution in [0.5, 0.6) is 0 Å². The van der Waals surface area contributed by atoms with Gasteiger partial charge < -0.3 is 10.2 Å². The Morgan fingerprint density at radius 2 is 1.86 bits per heavy atom. The van der Waals surface area contributed by atoms with Crippen molar-refractivity contribution in [3.63, 3.8) is 0 Å². The van der Waals surface area contributed by atoms with E-state index in [1.807, 2.05) is 36.5 Å². The number of nitro benzene ring substituents is 1. The van der Waals surface area contributed by atoms with Crippen molar-refractivity contribution in [1.82, 2.24) is 15.1 Å². The summed E-state index contributed by atoms with van der Waals surface area (Å²) in [6.07, 6.45) is 0.543. The number of benzene rings is 2. The maximum absolute atomic E-state index is 12.9. The number of amides is 1. The minimum Gasteiger partial charge on any atom is -0.366 e. The standard InChI is InChI=1S/C24H24F3N5O3/c25-24(26,27)19-6-7-21(22(14-19)32(34)35)30-12-9-18(10-13-30)23(33)28-11-8-17-15-29-31(16-17)20-4-2-1-3-5-20/h1-7,14-16,18H,8-13H2,(H,28,33). The van der Waals surface area contributed by atoms with Crippen LogP contribution >= 0.6 is 0 Å². The van der Waals surface area contributed by atoms with Crippen LogP contribution < -0.4 is 10.2 Å². The summed E-state index contributed by atoms with van der Waals surface area (Å²) in [4.78, 5) is 24.8. The molecule has 0 aliphatic carbocycles. The molecule has 0 spiro atoms. The summed E-state index contributed by atoms with van der Waals surface area (Å²) in [5.41, 5.74) is 0.425. The second kappa shape index (κ2) is 10.2. The molecular weight excluding hydrogens is 463 g/mol. The third kappa shape index (κ3) is 5.79. The fourth-order valence-corrected chi connectivity index (χ4v) is 4.18. The highest BCUT2D eigenvalue weighted by Crippen LogP contribution is 2.37. The van der Waals surface area contributed by atoms with Gasteiger partial charge in [-0.3, -0.25) is 14.9 Å². The van der Waals surface area contributed by atoms with E-state index in [0.717, 1.165) is 23.4 Å². The van der Waals surface area contributed by atoms with Crippen molar-refractivity contribution >= 4 is 17.3 Å². The molecule has 4 rings (SSSR count). The molecule has 0 radical (unpaired) electrons. The summed E-state index contributed by atoms with van der Waals surface area (Å²) in [5.74, 6) is -0.353. The van der Waals surface area contributed by atoms with Crippen LogP contribution in [0.4, 0.5) is 24.5 Å². The first-order valence-electron chi connectivity index (χ1n) is 11.2. The lowest BCUT2D eigenvalue weighted by molar-refractivity contribution is -0.384. The van der Waals surface area contributed by atoms with Gasteiger partial charge in [0.15, 0.2) is 0 Å². The third-order valence-electron chi connectivity index (χ3n) is 6.08. The van der Waals surface area contributed by atoms with Gasteiger partial charge in [0.2, 0.25) is 5.91 Å². The van der Waals surface area contributed by atoms with Gasteiger partial charge in [-0.15, -0.1) is 0 Å².